The molecule has 0 bridgehead atoms. The van der Waals surface area contributed by atoms with E-state index in [-0.39, 0.29) is 29.6 Å². The van der Waals surface area contributed by atoms with Gasteiger partial charge in [0.05, 0.1) is 30.3 Å². The van der Waals surface area contributed by atoms with Gasteiger partial charge < -0.3 is 24.4 Å². The molecule has 0 aromatic heterocycles. The Hall–Kier alpha value is -2.78. The summed E-state index contributed by atoms with van der Waals surface area (Å²) in [4.78, 5) is 45.1. The molecule has 37 heavy (non-hydrogen) atoms. The van der Waals surface area contributed by atoms with Crippen LogP contribution in [0.5, 0.6) is 5.75 Å². The molecule has 0 radical (unpaired) electrons. The maximum Gasteiger partial charge on any atom is 0.311 e. The van der Waals surface area contributed by atoms with Gasteiger partial charge in [-0.2, -0.15) is 0 Å². The number of esters is 1. The van der Waals surface area contributed by atoms with E-state index in [0.29, 0.717) is 38.3 Å². The number of allylic oxidation sites excluding steroid dienone is 1. The normalized spacial score (nSPS) is 32.3. The van der Waals surface area contributed by atoms with Crippen molar-refractivity contribution in [1.29, 1.82) is 0 Å². The molecule has 9 heteroatoms. The van der Waals surface area contributed by atoms with Crippen LogP contribution in [0.4, 0.5) is 5.69 Å². The number of hydrogen-bond donors (Lipinski definition) is 1. The summed E-state index contributed by atoms with van der Waals surface area (Å²) in [7, 11) is 1.59. The van der Waals surface area contributed by atoms with E-state index in [1.807, 2.05) is 42.5 Å². The summed E-state index contributed by atoms with van der Waals surface area (Å²) >= 11 is 1.55. The number of unbranched alkanes of at least 4 members (excludes halogenated alkanes) is 1. The lowest BCUT2D eigenvalue weighted by Gasteiger charge is -2.35. The molecule has 2 amide bonds. The molecule has 198 valence electrons. The van der Waals surface area contributed by atoms with Gasteiger partial charge in [0.1, 0.15) is 11.8 Å². The number of anilines is 1. The molecule has 5 atom stereocenters. The van der Waals surface area contributed by atoms with Crippen LogP contribution in [0.2, 0.25) is 0 Å². The van der Waals surface area contributed by atoms with Crippen LogP contribution in [0, 0.1) is 11.8 Å². The third-order valence-corrected chi connectivity index (χ3v) is 9.54. The first-order valence-electron chi connectivity index (χ1n) is 13.1. The Bertz CT molecular complexity index is 1090. The van der Waals surface area contributed by atoms with Crippen LogP contribution >= 0.6 is 11.8 Å². The van der Waals surface area contributed by atoms with Crippen molar-refractivity contribution in [2.24, 2.45) is 11.8 Å². The number of aliphatic hydroxyl groups excluding tert-OH is 1. The number of benzene rings is 1. The van der Waals surface area contributed by atoms with Crippen molar-refractivity contribution in [2.75, 3.05) is 38.3 Å². The fraction of sp³-hybridized carbons (Fsp3) is 0.536. The molecule has 8 nitrogen and oxygen atoms in total. The molecule has 1 N–H and O–H groups in total. The summed E-state index contributed by atoms with van der Waals surface area (Å²) in [5, 5.41) is 9.11. The zero-order chi connectivity index (χ0) is 26.0. The van der Waals surface area contributed by atoms with Crippen molar-refractivity contribution in [3.05, 3.63) is 48.6 Å². The van der Waals surface area contributed by atoms with Crippen molar-refractivity contribution >= 4 is 35.2 Å². The smallest absolute Gasteiger partial charge is 0.311 e. The number of ether oxygens (including phenoxy) is 2. The van der Waals surface area contributed by atoms with Crippen molar-refractivity contribution in [3.8, 4) is 5.75 Å². The summed E-state index contributed by atoms with van der Waals surface area (Å²) in [6, 6.07) is 6.56. The Balaban J connectivity index is 1.56. The fourth-order valence-corrected chi connectivity index (χ4v) is 8.05. The Morgan fingerprint density at radius 3 is 2.68 bits per heavy atom. The quantitative estimate of drug-likeness (QED) is 0.346. The topological polar surface area (TPSA) is 96.4 Å². The first-order valence-corrected chi connectivity index (χ1v) is 14.0. The molecule has 4 aliphatic heterocycles. The van der Waals surface area contributed by atoms with Crippen LogP contribution in [0.25, 0.3) is 0 Å². The van der Waals surface area contributed by atoms with Gasteiger partial charge in [0, 0.05) is 30.6 Å². The summed E-state index contributed by atoms with van der Waals surface area (Å²) in [5.41, 5.74) is 0.722. The predicted octanol–water partition coefficient (Wildman–Crippen LogP) is 2.95. The molecule has 1 unspecified atom stereocenters. The van der Waals surface area contributed by atoms with E-state index < -0.39 is 22.6 Å². The summed E-state index contributed by atoms with van der Waals surface area (Å²) in [6.45, 7) is 1.08. The Kier molecular flexibility index (Phi) is 7.62. The minimum atomic E-state index is -0.874. The number of likely N-dealkylation sites (tertiary alicyclic amines) is 1. The van der Waals surface area contributed by atoms with Gasteiger partial charge in [-0.25, -0.2) is 0 Å². The number of aliphatic hydroxyl groups is 1. The van der Waals surface area contributed by atoms with Crippen molar-refractivity contribution in [2.45, 2.75) is 48.1 Å². The first-order chi connectivity index (χ1) is 18.0. The summed E-state index contributed by atoms with van der Waals surface area (Å²) in [6.07, 6.45) is 11.8. The molecule has 1 spiro atoms. The molecule has 2 saturated heterocycles. The van der Waals surface area contributed by atoms with Crippen LogP contribution in [0.3, 0.4) is 0 Å². The van der Waals surface area contributed by atoms with Crippen LogP contribution < -0.4 is 9.64 Å². The standard InChI is InChI=1S/C28H34N2O6S/c1-35-20-12-10-19(11-13-20)29-16-8-14-28-23(25(32)30(15-5-6-17-31)24(28)26(29)33)22-21(37-28)9-4-2-3-7-18-36-27(22)34/h4,8-14,21-24,31H,2-3,5-7,15-18H2,1H3/b9-4-/t21-,22+,23+,24?,28+/m1/s1. The van der Waals surface area contributed by atoms with Gasteiger partial charge in [-0.3, -0.25) is 14.4 Å². The molecule has 1 aromatic carbocycles. The number of fused-ring (bicyclic) bond motifs is 2. The number of rotatable bonds is 6. The maximum absolute atomic E-state index is 14.3. The Morgan fingerprint density at radius 2 is 1.92 bits per heavy atom. The van der Waals surface area contributed by atoms with Crippen LogP contribution in [-0.4, -0.2) is 77.2 Å². The highest BCUT2D eigenvalue weighted by Gasteiger charge is 2.70. The van der Waals surface area contributed by atoms with Gasteiger partial charge >= 0.3 is 5.97 Å². The zero-order valence-corrected chi connectivity index (χ0v) is 21.9. The van der Waals surface area contributed by atoms with E-state index in [4.69, 9.17) is 9.47 Å². The van der Waals surface area contributed by atoms with Gasteiger partial charge in [0.25, 0.3) is 5.91 Å². The zero-order valence-electron chi connectivity index (χ0n) is 21.1. The van der Waals surface area contributed by atoms with Gasteiger partial charge in [0.2, 0.25) is 5.91 Å². The fourth-order valence-electron chi connectivity index (χ4n) is 6.04. The van der Waals surface area contributed by atoms with Crippen molar-refractivity contribution in [1.82, 2.24) is 4.90 Å². The van der Waals surface area contributed by atoms with Crippen LogP contribution in [-0.2, 0) is 19.1 Å². The van der Waals surface area contributed by atoms with E-state index in [2.05, 4.69) is 6.08 Å². The summed E-state index contributed by atoms with van der Waals surface area (Å²) in [5.74, 6) is -1.34. The molecule has 4 heterocycles. The predicted molar refractivity (Wildman–Crippen MR) is 141 cm³/mol. The first kappa shape index (κ1) is 25.9. The van der Waals surface area contributed by atoms with Gasteiger partial charge in [-0.1, -0.05) is 24.3 Å². The van der Waals surface area contributed by atoms with Gasteiger partial charge in [-0.05, 0) is 56.4 Å². The molecule has 0 saturated carbocycles. The summed E-state index contributed by atoms with van der Waals surface area (Å²) < 4.78 is 10.1. The molecule has 4 aliphatic rings. The van der Waals surface area contributed by atoms with E-state index >= 15 is 0 Å². The molecular formula is C28H34N2O6S. The Morgan fingerprint density at radius 1 is 1.11 bits per heavy atom. The minimum absolute atomic E-state index is 0.0175. The van der Waals surface area contributed by atoms with E-state index in [9.17, 15) is 19.5 Å². The molecule has 0 aliphatic carbocycles. The SMILES string of the molecule is COc1ccc(N2CC=C[C@]34S[C@@H]5/C=C\CCCCOC(=O)[C@@H]5[C@H]3C(=O)N(CCCCO)C4C2=O)cc1. The maximum atomic E-state index is 14.3. The van der Waals surface area contributed by atoms with E-state index in [1.54, 1.807) is 28.7 Å². The van der Waals surface area contributed by atoms with Crippen LogP contribution in [0.1, 0.15) is 32.1 Å². The second-order valence-electron chi connectivity index (χ2n) is 9.95. The number of hydrogen-bond acceptors (Lipinski definition) is 7. The average molecular weight is 527 g/mol. The average Bonchev–Trinajstić information content (AvgIpc) is 3.29. The number of cyclic esters (lactones) is 1. The minimum Gasteiger partial charge on any atom is -0.497 e. The number of carbonyl (C=O) groups is 3. The Labute approximate surface area is 221 Å². The highest BCUT2D eigenvalue weighted by Crippen LogP contribution is 2.60. The van der Waals surface area contributed by atoms with E-state index in [1.165, 1.54) is 0 Å². The number of nitrogens with zero attached hydrogens (tertiary/aromatic N) is 2. The number of methoxy groups -OCH3 is 1. The monoisotopic (exact) mass is 526 g/mol. The molecule has 5 rings (SSSR count). The lowest BCUT2D eigenvalue weighted by molar-refractivity contribution is -0.153. The third kappa shape index (κ3) is 4.56. The van der Waals surface area contributed by atoms with Gasteiger partial charge in [0.15, 0.2) is 0 Å². The molecule has 1 aromatic rings. The molecule has 2 fully saturated rings. The highest BCUT2D eigenvalue weighted by atomic mass is 32.2. The lowest BCUT2D eigenvalue weighted by Crippen LogP contribution is -2.53. The number of thioether (sulfide) groups is 1. The second-order valence-corrected chi connectivity index (χ2v) is 11.4. The lowest BCUT2D eigenvalue weighted by atomic mass is 9.78. The largest absolute Gasteiger partial charge is 0.497 e. The molecular weight excluding hydrogens is 492 g/mol. The van der Waals surface area contributed by atoms with E-state index in [0.717, 1.165) is 24.9 Å². The van der Waals surface area contributed by atoms with Crippen molar-refractivity contribution < 1.29 is 29.0 Å². The van der Waals surface area contributed by atoms with Gasteiger partial charge in [-0.15, -0.1) is 11.8 Å². The van der Waals surface area contributed by atoms with Crippen molar-refractivity contribution in [3.63, 3.8) is 0 Å². The van der Waals surface area contributed by atoms with Crippen LogP contribution in [0.15, 0.2) is 48.6 Å². The highest BCUT2D eigenvalue weighted by molar-refractivity contribution is 8.02. The number of amides is 2. The second kappa shape index (κ2) is 10.9. The third-order valence-electron chi connectivity index (χ3n) is 7.79. The number of carbonyl (C=O) groups excluding carboxylic acids is 3.